The number of benzene rings is 1. The van der Waals surface area contributed by atoms with Gasteiger partial charge in [0.1, 0.15) is 5.75 Å². The normalized spacial score (nSPS) is 20.8. The maximum Gasteiger partial charge on any atom is 0.241 e. The van der Waals surface area contributed by atoms with Crippen LogP contribution in [0.15, 0.2) is 28.8 Å². The van der Waals surface area contributed by atoms with Gasteiger partial charge in [0.25, 0.3) is 0 Å². The number of sulfone groups is 1. The smallest absolute Gasteiger partial charge is 0.241 e. The molecule has 7 heteroatoms. The van der Waals surface area contributed by atoms with E-state index >= 15 is 0 Å². The van der Waals surface area contributed by atoms with Crippen molar-refractivity contribution in [3.8, 4) is 0 Å². The highest BCUT2D eigenvalue weighted by molar-refractivity contribution is 7.90. The van der Waals surface area contributed by atoms with E-state index in [1.165, 1.54) is 12.8 Å². The molecule has 0 radical (unpaired) electrons. The Morgan fingerprint density at radius 2 is 2.04 bits per heavy atom. The third-order valence-corrected chi connectivity index (χ3v) is 6.02. The molecule has 2 aromatic rings. The Hall–Kier alpha value is -1.73. The summed E-state index contributed by atoms with van der Waals surface area (Å²) in [5, 5.41) is 3.88. The molecule has 1 atom stereocenters. The third-order valence-electron chi connectivity index (χ3n) is 4.52. The zero-order valence-corrected chi connectivity index (χ0v) is 14.2. The highest BCUT2D eigenvalue weighted by Gasteiger charge is 2.29. The van der Waals surface area contributed by atoms with Gasteiger partial charge < -0.3 is 9.26 Å². The fourth-order valence-corrected chi connectivity index (χ4v) is 4.45. The van der Waals surface area contributed by atoms with Crippen molar-refractivity contribution in [1.29, 1.82) is 0 Å². The molecule has 2 aliphatic rings. The molecule has 0 saturated heterocycles. The minimum Gasteiger partial charge on any atom is -0.372 e. The predicted octanol–water partition coefficient (Wildman–Crippen LogP) is 2.25. The van der Waals surface area contributed by atoms with Gasteiger partial charge in [0.2, 0.25) is 5.89 Å². The Kier molecular flexibility index (Phi) is 4.14. The molecule has 1 fully saturated rings. The van der Waals surface area contributed by atoms with Gasteiger partial charge in [-0.05, 0) is 36.3 Å². The van der Waals surface area contributed by atoms with Crippen LogP contribution in [0.25, 0.3) is 0 Å². The number of fused-ring (bicyclic) bond motifs is 1. The minimum absolute atomic E-state index is 0.0651. The van der Waals surface area contributed by atoms with E-state index in [9.17, 15) is 8.42 Å². The maximum atomic E-state index is 12.5. The lowest BCUT2D eigenvalue weighted by atomic mass is 9.99. The topological polar surface area (TPSA) is 82.3 Å². The molecular formula is C17H20N2O4S. The van der Waals surface area contributed by atoms with Crippen LogP contribution in [0.3, 0.4) is 0 Å². The van der Waals surface area contributed by atoms with E-state index in [1.54, 1.807) is 0 Å². The quantitative estimate of drug-likeness (QED) is 0.796. The minimum atomic E-state index is -3.40. The zero-order chi connectivity index (χ0) is 16.6. The zero-order valence-electron chi connectivity index (χ0n) is 13.3. The molecule has 128 valence electrons. The van der Waals surface area contributed by atoms with Crippen molar-refractivity contribution in [3.63, 3.8) is 0 Å². The molecule has 0 amide bonds. The van der Waals surface area contributed by atoms with Gasteiger partial charge in [-0.3, -0.25) is 0 Å². The third kappa shape index (κ3) is 3.67. The molecule has 1 aliphatic heterocycles. The van der Waals surface area contributed by atoms with Crippen LogP contribution < -0.4 is 0 Å². The molecule has 0 bridgehead atoms. The van der Waals surface area contributed by atoms with Crippen LogP contribution in [0.2, 0.25) is 0 Å². The van der Waals surface area contributed by atoms with E-state index in [1.807, 2.05) is 24.3 Å². The Morgan fingerprint density at radius 3 is 2.88 bits per heavy atom. The monoisotopic (exact) mass is 348 g/mol. The summed E-state index contributed by atoms with van der Waals surface area (Å²) in [7, 11) is -3.40. The molecule has 1 aromatic carbocycles. The molecule has 4 rings (SSSR count). The van der Waals surface area contributed by atoms with Gasteiger partial charge >= 0.3 is 0 Å². The number of hydrogen-bond donors (Lipinski definition) is 0. The number of aromatic nitrogens is 2. The van der Waals surface area contributed by atoms with Crippen molar-refractivity contribution in [2.45, 2.75) is 37.5 Å². The fourth-order valence-electron chi connectivity index (χ4n) is 3.10. The SMILES string of the molecule is O=S(=O)(Cc1nc(CC2CC2)no1)CC1OCCc2ccccc21. The van der Waals surface area contributed by atoms with Crippen molar-refractivity contribution in [3.05, 3.63) is 47.1 Å². The van der Waals surface area contributed by atoms with Crippen LogP contribution in [0, 0.1) is 5.92 Å². The standard InChI is InChI=1S/C17H20N2O4S/c20-24(21,11-17-18-16(19-23-17)9-12-5-6-12)10-15-14-4-2-1-3-13(14)7-8-22-15/h1-4,12,15H,5-11H2. The summed E-state index contributed by atoms with van der Waals surface area (Å²) in [4.78, 5) is 4.22. The fraction of sp³-hybridized carbons (Fsp3) is 0.529. The summed E-state index contributed by atoms with van der Waals surface area (Å²) >= 11 is 0. The Labute approximate surface area is 141 Å². The van der Waals surface area contributed by atoms with Crippen molar-refractivity contribution < 1.29 is 17.7 Å². The second kappa shape index (κ2) is 6.29. The molecule has 1 aliphatic carbocycles. The van der Waals surface area contributed by atoms with Gasteiger partial charge in [-0.1, -0.05) is 29.4 Å². The van der Waals surface area contributed by atoms with Crippen molar-refractivity contribution in [2.75, 3.05) is 12.4 Å². The first-order valence-electron chi connectivity index (χ1n) is 8.30. The van der Waals surface area contributed by atoms with Gasteiger partial charge in [-0.15, -0.1) is 0 Å². The molecule has 0 N–H and O–H groups in total. The second-order valence-corrected chi connectivity index (χ2v) is 8.72. The molecule has 24 heavy (non-hydrogen) atoms. The highest BCUT2D eigenvalue weighted by Crippen LogP contribution is 2.32. The Morgan fingerprint density at radius 1 is 1.21 bits per heavy atom. The maximum absolute atomic E-state index is 12.5. The Bertz CT molecular complexity index is 827. The van der Waals surface area contributed by atoms with Crippen LogP contribution >= 0.6 is 0 Å². The van der Waals surface area contributed by atoms with Crippen molar-refractivity contribution in [2.24, 2.45) is 5.92 Å². The van der Waals surface area contributed by atoms with E-state index in [0.717, 1.165) is 24.0 Å². The summed E-state index contributed by atoms with van der Waals surface area (Å²) in [5.74, 6) is 1.13. The lowest BCUT2D eigenvalue weighted by Gasteiger charge is -2.25. The van der Waals surface area contributed by atoms with Gasteiger partial charge in [-0.2, -0.15) is 4.98 Å². The van der Waals surface area contributed by atoms with Gasteiger partial charge in [0.05, 0.1) is 18.5 Å². The van der Waals surface area contributed by atoms with Crippen LogP contribution in [-0.4, -0.2) is 30.9 Å². The molecule has 0 spiro atoms. The molecule has 2 heterocycles. The van der Waals surface area contributed by atoms with Crippen molar-refractivity contribution >= 4 is 9.84 Å². The lowest BCUT2D eigenvalue weighted by Crippen LogP contribution is -2.24. The van der Waals surface area contributed by atoms with Crippen LogP contribution in [0.5, 0.6) is 0 Å². The number of ether oxygens (including phenoxy) is 1. The highest BCUT2D eigenvalue weighted by atomic mass is 32.2. The molecule has 1 saturated carbocycles. The molecular weight excluding hydrogens is 328 g/mol. The van der Waals surface area contributed by atoms with Crippen LogP contribution in [-0.2, 0) is 33.2 Å². The number of hydrogen-bond acceptors (Lipinski definition) is 6. The average molecular weight is 348 g/mol. The number of nitrogens with zero attached hydrogens (tertiary/aromatic N) is 2. The summed E-state index contributed by atoms with van der Waals surface area (Å²) in [6.45, 7) is 0.545. The lowest BCUT2D eigenvalue weighted by molar-refractivity contribution is 0.0576. The van der Waals surface area contributed by atoms with E-state index < -0.39 is 15.9 Å². The van der Waals surface area contributed by atoms with Crippen molar-refractivity contribution in [1.82, 2.24) is 10.1 Å². The first-order valence-corrected chi connectivity index (χ1v) is 10.1. The average Bonchev–Trinajstić information content (AvgIpc) is 3.26. The summed E-state index contributed by atoms with van der Waals surface area (Å²) < 4.78 is 35.8. The summed E-state index contributed by atoms with van der Waals surface area (Å²) in [6.07, 6.45) is 3.57. The predicted molar refractivity (Wildman–Crippen MR) is 87.1 cm³/mol. The number of rotatable bonds is 6. The van der Waals surface area contributed by atoms with Gasteiger partial charge in [0, 0.05) is 6.42 Å². The summed E-state index contributed by atoms with van der Waals surface area (Å²) in [5.41, 5.74) is 2.13. The van der Waals surface area contributed by atoms with E-state index in [0.29, 0.717) is 18.3 Å². The van der Waals surface area contributed by atoms with Crippen LogP contribution in [0.4, 0.5) is 0 Å². The second-order valence-electron chi connectivity index (χ2n) is 6.61. The van der Waals surface area contributed by atoms with Gasteiger partial charge in [0.15, 0.2) is 15.7 Å². The first kappa shape index (κ1) is 15.8. The largest absolute Gasteiger partial charge is 0.372 e. The van der Waals surface area contributed by atoms with Gasteiger partial charge in [-0.25, -0.2) is 8.42 Å². The molecule has 1 unspecified atom stereocenters. The molecule has 6 nitrogen and oxygen atoms in total. The first-order chi connectivity index (χ1) is 11.6. The van der Waals surface area contributed by atoms with E-state index in [-0.39, 0.29) is 17.4 Å². The van der Waals surface area contributed by atoms with E-state index in [2.05, 4.69) is 10.1 Å². The molecule has 1 aromatic heterocycles. The van der Waals surface area contributed by atoms with Crippen LogP contribution in [0.1, 0.15) is 41.8 Å². The Balaban J connectivity index is 1.44. The summed E-state index contributed by atoms with van der Waals surface area (Å²) in [6, 6.07) is 7.85. The van der Waals surface area contributed by atoms with E-state index in [4.69, 9.17) is 9.26 Å².